The average Bonchev–Trinajstić information content (AvgIpc) is 2.47. The van der Waals surface area contributed by atoms with Gasteiger partial charge in [-0.3, -0.25) is 0 Å². The minimum absolute atomic E-state index is 0.360. The van der Waals surface area contributed by atoms with Crippen molar-refractivity contribution in [2.24, 2.45) is 0 Å². The predicted molar refractivity (Wildman–Crippen MR) is 78.9 cm³/mol. The Balaban J connectivity index is 1.83. The fourth-order valence-electron chi connectivity index (χ4n) is 2.43. The van der Waals surface area contributed by atoms with E-state index in [1.54, 1.807) is 7.11 Å². The summed E-state index contributed by atoms with van der Waals surface area (Å²) in [7, 11) is 1.59. The maximum atomic E-state index is 9.57. The number of piperidine rings is 1. The van der Waals surface area contributed by atoms with Gasteiger partial charge in [-0.2, -0.15) is 0 Å². The molecule has 0 bridgehead atoms. The number of aliphatic hydroxyl groups is 1. The minimum atomic E-state index is -0.466. The molecule has 1 atom stereocenters. The number of rotatable bonds is 6. The quantitative estimate of drug-likeness (QED) is 0.826. The Bertz CT molecular complexity index is 361. The molecule has 0 aliphatic carbocycles. The highest BCUT2D eigenvalue weighted by molar-refractivity contribution is 5.55. The average molecular weight is 264 g/mol. The third-order valence-electron chi connectivity index (χ3n) is 3.49. The number of nitrogens with zero attached hydrogens (tertiary/aromatic N) is 1. The van der Waals surface area contributed by atoms with E-state index in [0.29, 0.717) is 13.2 Å². The molecule has 1 aromatic carbocycles. The molecule has 1 unspecified atom stereocenters. The lowest BCUT2D eigenvalue weighted by Gasteiger charge is -2.28. The lowest BCUT2D eigenvalue weighted by Crippen LogP contribution is -2.29. The van der Waals surface area contributed by atoms with Gasteiger partial charge >= 0.3 is 0 Å². The largest absolute Gasteiger partial charge is 0.389 e. The molecule has 106 valence electrons. The van der Waals surface area contributed by atoms with Crippen LogP contribution in [0.1, 0.15) is 19.3 Å². The lowest BCUT2D eigenvalue weighted by molar-refractivity contribution is 0.0727. The zero-order chi connectivity index (χ0) is 13.5. The summed E-state index contributed by atoms with van der Waals surface area (Å²) in [6, 6.07) is 8.44. The summed E-state index contributed by atoms with van der Waals surface area (Å²) in [6.07, 6.45) is 3.48. The SMILES string of the molecule is COCC(O)CNc1ccc(N2CCCCC2)cc1. The summed E-state index contributed by atoms with van der Waals surface area (Å²) in [5.41, 5.74) is 2.33. The maximum absolute atomic E-state index is 9.57. The van der Waals surface area contributed by atoms with Crippen molar-refractivity contribution in [1.29, 1.82) is 0 Å². The first kappa shape index (κ1) is 14.2. The number of nitrogens with one attached hydrogen (secondary N) is 1. The van der Waals surface area contributed by atoms with Crippen molar-refractivity contribution in [3.05, 3.63) is 24.3 Å². The molecule has 1 aliphatic heterocycles. The van der Waals surface area contributed by atoms with Crippen molar-refractivity contribution in [3.8, 4) is 0 Å². The van der Waals surface area contributed by atoms with E-state index in [1.807, 2.05) is 0 Å². The van der Waals surface area contributed by atoms with Crippen molar-refractivity contribution in [1.82, 2.24) is 0 Å². The van der Waals surface area contributed by atoms with Gasteiger partial charge in [-0.15, -0.1) is 0 Å². The molecule has 1 aromatic rings. The van der Waals surface area contributed by atoms with Crippen LogP contribution in [-0.4, -0.2) is 44.6 Å². The number of hydrogen-bond acceptors (Lipinski definition) is 4. The van der Waals surface area contributed by atoms with Crippen LogP contribution in [0.3, 0.4) is 0 Å². The molecule has 1 fully saturated rings. The summed E-state index contributed by atoms with van der Waals surface area (Å²) >= 11 is 0. The van der Waals surface area contributed by atoms with Crippen molar-refractivity contribution in [2.45, 2.75) is 25.4 Å². The third kappa shape index (κ3) is 4.40. The molecule has 0 spiro atoms. The van der Waals surface area contributed by atoms with Crippen molar-refractivity contribution in [2.75, 3.05) is 43.6 Å². The van der Waals surface area contributed by atoms with Crippen LogP contribution < -0.4 is 10.2 Å². The number of aliphatic hydroxyl groups excluding tert-OH is 1. The molecule has 0 saturated carbocycles. The molecular formula is C15H24N2O2. The molecule has 1 aliphatic rings. The first-order valence-corrected chi connectivity index (χ1v) is 7.05. The Morgan fingerprint density at radius 1 is 1.21 bits per heavy atom. The third-order valence-corrected chi connectivity index (χ3v) is 3.49. The van der Waals surface area contributed by atoms with Gasteiger partial charge in [0.1, 0.15) is 0 Å². The van der Waals surface area contributed by atoms with Crippen LogP contribution in [0, 0.1) is 0 Å². The first-order chi connectivity index (χ1) is 9.29. The topological polar surface area (TPSA) is 44.7 Å². The Labute approximate surface area is 115 Å². The normalized spacial score (nSPS) is 17.3. The molecule has 4 heteroatoms. The van der Waals surface area contributed by atoms with Crippen molar-refractivity contribution in [3.63, 3.8) is 0 Å². The van der Waals surface area contributed by atoms with E-state index in [0.717, 1.165) is 5.69 Å². The van der Waals surface area contributed by atoms with Gasteiger partial charge in [0, 0.05) is 38.1 Å². The summed E-state index contributed by atoms with van der Waals surface area (Å²) in [6.45, 7) is 3.20. The number of ether oxygens (including phenoxy) is 1. The second-order valence-corrected chi connectivity index (χ2v) is 5.08. The number of hydrogen-bond donors (Lipinski definition) is 2. The maximum Gasteiger partial charge on any atom is 0.0945 e. The fraction of sp³-hybridized carbons (Fsp3) is 0.600. The molecule has 19 heavy (non-hydrogen) atoms. The Hall–Kier alpha value is -1.26. The van der Waals surface area contributed by atoms with E-state index in [-0.39, 0.29) is 0 Å². The van der Waals surface area contributed by atoms with Gasteiger partial charge in [-0.25, -0.2) is 0 Å². The molecular weight excluding hydrogens is 240 g/mol. The standard InChI is InChI=1S/C15H24N2O2/c1-19-12-15(18)11-16-13-5-7-14(8-6-13)17-9-3-2-4-10-17/h5-8,15-16,18H,2-4,9-12H2,1H3. The van der Waals surface area contributed by atoms with Crippen LogP contribution in [0.5, 0.6) is 0 Å². The highest BCUT2D eigenvalue weighted by atomic mass is 16.5. The van der Waals surface area contributed by atoms with E-state index in [9.17, 15) is 5.11 Å². The molecule has 2 N–H and O–H groups in total. The van der Waals surface area contributed by atoms with Gasteiger partial charge in [0.05, 0.1) is 12.7 Å². The number of anilines is 2. The van der Waals surface area contributed by atoms with Gasteiger partial charge in [-0.1, -0.05) is 0 Å². The van der Waals surface area contributed by atoms with Gasteiger partial charge in [0.15, 0.2) is 0 Å². The van der Waals surface area contributed by atoms with E-state index in [1.165, 1.54) is 38.0 Å². The van der Waals surface area contributed by atoms with Crippen molar-refractivity contribution >= 4 is 11.4 Å². The molecule has 0 amide bonds. The highest BCUT2D eigenvalue weighted by Crippen LogP contribution is 2.21. The summed E-state index contributed by atoms with van der Waals surface area (Å²) in [5.74, 6) is 0. The van der Waals surface area contributed by atoms with Gasteiger partial charge in [0.2, 0.25) is 0 Å². The monoisotopic (exact) mass is 264 g/mol. The predicted octanol–water partition coefficient (Wildman–Crippen LogP) is 2.10. The van der Waals surface area contributed by atoms with E-state index in [2.05, 4.69) is 34.5 Å². The van der Waals surface area contributed by atoms with Crippen molar-refractivity contribution < 1.29 is 9.84 Å². The van der Waals surface area contributed by atoms with Crippen LogP contribution in [0.4, 0.5) is 11.4 Å². The Morgan fingerprint density at radius 3 is 2.53 bits per heavy atom. The van der Waals surface area contributed by atoms with E-state index < -0.39 is 6.10 Å². The summed E-state index contributed by atoms with van der Waals surface area (Å²) in [5, 5.41) is 12.8. The smallest absolute Gasteiger partial charge is 0.0945 e. The van der Waals surface area contributed by atoms with E-state index in [4.69, 9.17) is 4.74 Å². The molecule has 4 nitrogen and oxygen atoms in total. The zero-order valence-corrected chi connectivity index (χ0v) is 11.6. The molecule has 1 saturated heterocycles. The van der Waals surface area contributed by atoms with Gasteiger partial charge < -0.3 is 20.1 Å². The summed E-state index contributed by atoms with van der Waals surface area (Å²) < 4.78 is 4.89. The number of methoxy groups -OCH3 is 1. The zero-order valence-electron chi connectivity index (χ0n) is 11.6. The van der Waals surface area contributed by atoms with Gasteiger partial charge in [-0.05, 0) is 43.5 Å². The lowest BCUT2D eigenvalue weighted by atomic mass is 10.1. The van der Waals surface area contributed by atoms with Crippen LogP contribution >= 0.6 is 0 Å². The second-order valence-electron chi connectivity index (χ2n) is 5.08. The summed E-state index contributed by atoms with van der Waals surface area (Å²) in [4.78, 5) is 2.44. The molecule has 0 radical (unpaired) electrons. The highest BCUT2D eigenvalue weighted by Gasteiger charge is 2.10. The molecule has 2 rings (SSSR count). The minimum Gasteiger partial charge on any atom is -0.389 e. The fourth-order valence-corrected chi connectivity index (χ4v) is 2.43. The van der Waals surface area contributed by atoms with Crippen LogP contribution in [0.15, 0.2) is 24.3 Å². The van der Waals surface area contributed by atoms with Crippen LogP contribution in [0.2, 0.25) is 0 Å². The number of benzene rings is 1. The van der Waals surface area contributed by atoms with Crippen LogP contribution in [0.25, 0.3) is 0 Å². The van der Waals surface area contributed by atoms with Crippen LogP contribution in [-0.2, 0) is 4.74 Å². The Morgan fingerprint density at radius 2 is 1.89 bits per heavy atom. The van der Waals surface area contributed by atoms with Gasteiger partial charge in [0.25, 0.3) is 0 Å². The molecule has 1 heterocycles. The van der Waals surface area contributed by atoms with E-state index >= 15 is 0 Å². The molecule has 0 aromatic heterocycles. The Kier molecular flexibility index (Phi) is 5.48. The first-order valence-electron chi connectivity index (χ1n) is 7.05. The second kappa shape index (κ2) is 7.36.